The first-order valence-corrected chi connectivity index (χ1v) is 6.32. The number of aromatic nitrogens is 2. The summed E-state index contributed by atoms with van der Waals surface area (Å²) in [7, 11) is 3.17. The maximum atomic E-state index is 5.31. The van der Waals surface area contributed by atoms with Gasteiger partial charge in [0.25, 0.3) is 0 Å². The summed E-state index contributed by atoms with van der Waals surface area (Å²) >= 11 is 0. The lowest BCUT2D eigenvalue weighted by Crippen LogP contribution is -2.28. The second-order valence-electron chi connectivity index (χ2n) is 4.48. The van der Waals surface area contributed by atoms with Crippen molar-refractivity contribution < 1.29 is 9.47 Å². The van der Waals surface area contributed by atoms with Crippen LogP contribution in [0.25, 0.3) is 0 Å². The molecule has 0 spiro atoms. The monoisotopic (exact) mass is 253 g/mol. The Morgan fingerprint density at radius 2 is 2.00 bits per heavy atom. The average Bonchev–Trinajstić information content (AvgIpc) is 2.38. The normalized spacial score (nSPS) is 12.6. The van der Waals surface area contributed by atoms with Crippen molar-refractivity contribution in [3.8, 4) is 11.8 Å². The summed E-state index contributed by atoms with van der Waals surface area (Å²) < 4.78 is 10.4. The van der Waals surface area contributed by atoms with E-state index in [1.165, 1.54) is 0 Å². The molecule has 1 aromatic rings. The first kappa shape index (κ1) is 14.7. The molecule has 0 aliphatic heterocycles. The second-order valence-corrected chi connectivity index (χ2v) is 4.48. The third-order valence-corrected chi connectivity index (χ3v) is 2.72. The van der Waals surface area contributed by atoms with Crippen molar-refractivity contribution in [3.05, 3.63) is 11.9 Å². The topological polar surface area (TPSA) is 56.3 Å². The molecule has 1 heterocycles. The minimum Gasteiger partial charge on any atom is -0.480 e. The highest BCUT2D eigenvalue weighted by Crippen LogP contribution is 2.28. The Hall–Kier alpha value is -1.36. The molecule has 0 bridgehead atoms. The molecule has 0 aliphatic carbocycles. The summed E-state index contributed by atoms with van der Waals surface area (Å²) in [6.07, 6.45) is 2.70. The first-order chi connectivity index (χ1) is 8.63. The summed E-state index contributed by atoms with van der Waals surface area (Å²) in [6.45, 7) is 7.39. The van der Waals surface area contributed by atoms with Crippen LogP contribution in [0.1, 0.15) is 38.9 Å². The van der Waals surface area contributed by atoms with Gasteiger partial charge in [0.1, 0.15) is 5.69 Å². The van der Waals surface area contributed by atoms with Crippen LogP contribution >= 0.6 is 0 Å². The van der Waals surface area contributed by atoms with Crippen LogP contribution in [0.4, 0.5) is 0 Å². The van der Waals surface area contributed by atoms with Crippen molar-refractivity contribution >= 4 is 0 Å². The molecular formula is C13H23N3O2. The van der Waals surface area contributed by atoms with Crippen molar-refractivity contribution in [2.24, 2.45) is 5.92 Å². The molecule has 0 fully saturated rings. The standard InChI is InChI=1S/C13H23N3O2/c1-6-7-14-11(9(2)3)12-13(18-5)16-10(17-4)8-15-12/h8-9,11,14H,6-7H2,1-5H3. The fraction of sp³-hybridized carbons (Fsp3) is 0.692. The molecule has 1 atom stereocenters. The average molecular weight is 253 g/mol. The SMILES string of the molecule is CCCNC(c1ncc(OC)nc1OC)C(C)C. The lowest BCUT2D eigenvalue weighted by Gasteiger charge is -2.23. The number of hydrogen-bond acceptors (Lipinski definition) is 5. The van der Waals surface area contributed by atoms with E-state index in [9.17, 15) is 0 Å². The third-order valence-electron chi connectivity index (χ3n) is 2.72. The predicted octanol–water partition coefficient (Wildman–Crippen LogP) is 2.19. The molecule has 102 valence electrons. The van der Waals surface area contributed by atoms with E-state index in [0.717, 1.165) is 18.7 Å². The Bertz CT molecular complexity index is 369. The summed E-state index contributed by atoms with van der Waals surface area (Å²) in [6, 6.07) is 0.137. The van der Waals surface area contributed by atoms with Crippen molar-refractivity contribution in [2.75, 3.05) is 20.8 Å². The molecule has 1 N–H and O–H groups in total. The number of methoxy groups -OCH3 is 2. The Balaban J connectivity index is 3.02. The molecule has 18 heavy (non-hydrogen) atoms. The van der Waals surface area contributed by atoms with Gasteiger partial charge in [-0.2, -0.15) is 4.98 Å². The number of hydrogen-bond donors (Lipinski definition) is 1. The van der Waals surface area contributed by atoms with Gasteiger partial charge < -0.3 is 14.8 Å². The molecule has 1 unspecified atom stereocenters. The molecule has 0 radical (unpaired) electrons. The van der Waals surface area contributed by atoms with Crippen LogP contribution in [-0.2, 0) is 0 Å². The Kier molecular flexibility index (Phi) is 5.85. The highest BCUT2D eigenvalue weighted by molar-refractivity contribution is 5.26. The van der Waals surface area contributed by atoms with E-state index in [-0.39, 0.29) is 6.04 Å². The number of rotatable bonds is 7. The summed E-state index contributed by atoms with van der Waals surface area (Å²) in [5.41, 5.74) is 0.835. The molecule has 5 heteroatoms. The Morgan fingerprint density at radius 3 is 2.50 bits per heavy atom. The zero-order valence-electron chi connectivity index (χ0n) is 11.9. The van der Waals surface area contributed by atoms with Crippen molar-refractivity contribution in [1.29, 1.82) is 0 Å². The molecular weight excluding hydrogens is 230 g/mol. The van der Waals surface area contributed by atoms with Crippen LogP contribution in [0.15, 0.2) is 6.20 Å². The van der Waals surface area contributed by atoms with Gasteiger partial charge in [-0.15, -0.1) is 0 Å². The van der Waals surface area contributed by atoms with Crippen LogP contribution in [0.3, 0.4) is 0 Å². The molecule has 1 aromatic heterocycles. The van der Waals surface area contributed by atoms with Crippen LogP contribution in [0.2, 0.25) is 0 Å². The minimum atomic E-state index is 0.137. The van der Waals surface area contributed by atoms with Gasteiger partial charge in [-0.05, 0) is 18.9 Å². The van der Waals surface area contributed by atoms with Gasteiger partial charge in [0, 0.05) is 0 Å². The van der Waals surface area contributed by atoms with Gasteiger partial charge in [-0.25, -0.2) is 4.98 Å². The van der Waals surface area contributed by atoms with E-state index >= 15 is 0 Å². The van der Waals surface area contributed by atoms with Crippen LogP contribution in [-0.4, -0.2) is 30.7 Å². The largest absolute Gasteiger partial charge is 0.480 e. The van der Waals surface area contributed by atoms with Crippen LogP contribution in [0, 0.1) is 5.92 Å². The summed E-state index contributed by atoms with van der Waals surface area (Å²) in [5.74, 6) is 1.40. The van der Waals surface area contributed by atoms with Crippen LogP contribution < -0.4 is 14.8 Å². The second kappa shape index (κ2) is 7.16. The van der Waals surface area contributed by atoms with E-state index < -0.39 is 0 Å². The van der Waals surface area contributed by atoms with E-state index in [4.69, 9.17) is 9.47 Å². The molecule has 5 nitrogen and oxygen atoms in total. The Morgan fingerprint density at radius 1 is 1.28 bits per heavy atom. The molecule has 0 amide bonds. The fourth-order valence-corrected chi connectivity index (χ4v) is 1.78. The minimum absolute atomic E-state index is 0.137. The summed E-state index contributed by atoms with van der Waals surface area (Å²) in [5, 5.41) is 3.47. The van der Waals surface area contributed by atoms with Gasteiger partial charge in [-0.1, -0.05) is 20.8 Å². The van der Waals surface area contributed by atoms with Crippen molar-refractivity contribution in [2.45, 2.75) is 33.2 Å². The van der Waals surface area contributed by atoms with E-state index in [2.05, 4.69) is 36.1 Å². The van der Waals surface area contributed by atoms with E-state index in [1.807, 2.05) is 0 Å². The van der Waals surface area contributed by atoms with Crippen LogP contribution in [0.5, 0.6) is 11.8 Å². The maximum Gasteiger partial charge on any atom is 0.240 e. The zero-order chi connectivity index (χ0) is 13.5. The number of nitrogens with one attached hydrogen (secondary N) is 1. The van der Waals surface area contributed by atoms with Gasteiger partial charge in [0.05, 0.1) is 26.5 Å². The third kappa shape index (κ3) is 3.57. The van der Waals surface area contributed by atoms with E-state index in [0.29, 0.717) is 17.7 Å². The molecule has 0 aliphatic rings. The molecule has 1 rings (SSSR count). The van der Waals surface area contributed by atoms with Crippen molar-refractivity contribution in [1.82, 2.24) is 15.3 Å². The highest BCUT2D eigenvalue weighted by atomic mass is 16.5. The maximum absolute atomic E-state index is 5.31. The van der Waals surface area contributed by atoms with Gasteiger partial charge in [0.2, 0.25) is 11.8 Å². The highest BCUT2D eigenvalue weighted by Gasteiger charge is 2.22. The Labute approximate surface area is 109 Å². The lowest BCUT2D eigenvalue weighted by atomic mass is 10.0. The smallest absolute Gasteiger partial charge is 0.240 e. The summed E-state index contributed by atoms with van der Waals surface area (Å²) in [4.78, 5) is 8.69. The van der Waals surface area contributed by atoms with Crippen molar-refractivity contribution in [3.63, 3.8) is 0 Å². The molecule has 0 saturated carbocycles. The van der Waals surface area contributed by atoms with Gasteiger partial charge >= 0.3 is 0 Å². The fourth-order valence-electron chi connectivity index (χ4n) is 1.78. The predicted molar refractivity (Wildman–Crippen MR) is 71.0 cm³/mol. The van der Waals surface area contributed by atoms with Gasteiger partial charge in [0.15, 0.2) is 0 Å². The zero-order valence-corrected chi connectivity index (χ0v) is 11.9. The quantitative estimate of drug-likeness (QED) is 0.807. The first-order valence-electron chi connectivity index (χ1n) is 6.32. The number of nitrogens with zero attached hydrogens (tertiary/aromatic N) is 2. The van der Waals surface area contributed by atoms with Gasteiger partial charge in [-0.3, -0.25) is 0 Å². The van der Waals surface area contributed by atoms with E-state index in [1.54, 1.807) is 20.4 Å². The number of ether oxygens (including phenoxy) is 2. The molecule has 0 aromatic carbocycles. The lowest BCUT2D eigenvalue weighted by molar-refractivity contribution is 0.334. The molecule has 0 saturated heterocycles.